The van der Waals surface area contributed by atoms with Gasteiger partial charge in [0.2, 0.25) is 5.91 Å². The van der Waals surface area contributed by atoms with Gasteiger partial charge in [-0.1, -0.05) is 13.8 Å². The number of carbonyl (C=O) groups is 1. The smallest absolute Gasteiger partial charge is 0.237 e. The van der Waals surface area contributed by atoms with Gasteiger partial charge in [-0.2, -0.15) is 5.10 Å². The number of carbonyl (C=O) groups excluding carboxylic acids is 1. The maximum Gasteiger partial charge on any atom is 0.237 e. The Bertz CT molecular complexity index is 1640. The van der Waals surface area contributed by atoms with Crippen molar-refractivity contribution in [2.75, 3.05) is 50.8 Å². The monoisotopic (exact) mass is 556 g/mol. The van der Waals surface area contributed by atoms with Gasteiger partial charge in [0.05, 0.1) is 36.5 Å². The van der Waals surface area contributed by atoms with Gasteiger partial charge < -0.3 is 19.5 Å². The van der Waals surface area contributed by atoms with E-state index in [4.69, 9.17) is 9.72 Å². The van der Waals surface area contributed by atoms with E-state index in [1.54, 1.807) is 6.33 Å². The van der Waals surface area contributed by atoms with Crippen LogP contribution in [-0.2, 0) is 9.53 Å². The van der Waals surface area contributed by atoms with Crippen molar-refractivity contribution >= 4 is 28.4 Å². The number of anilines is 1. The number of pyridine rings is 2. The van der Waals surface area contributed by atoms with Crippen LogP contribution < -0.4 is 4.90 Å². The van der Waals surface area contributed by atoms with Gasteiger partial charge in [0.15, 0.2) is 5.65 Å². The molecule has 10 heteroatoms. The zero-order valence-corrected chi connectivity index (χ0v) is 24.9. The van der Waals surface area contributed by atoms with Gasteiger partial charge >= 0.3 is 0 Å². The third-order valence-corrected chi connectivity index (χ3v) is 9.53. The van der Waals surface area contributed by atoms with Gasteiger partial charge in [-0.15, -0.1) is 0 Å². The number of H-pyrrole nitrogens is 1. The summed E-state index contributed by atoms with van der Waals surface area (Å²) in [7, 11) is 0. The number of ether oxygens (including phenoxy) is 1. The van der Waals surface area contributed by atoms with E-state index in [0.29, 0.717) is 18.5 Å². The van der Waals surface area contributed by atoms with Crippen LogP contribution in [0.4, 0.5) is 5.82 Å². The Morgan fingerprint density at radius 2 is 1.90 bits per heavy atom. The minimum absolute atomic E-state index is 0.116. The van der Waals surface area contributed by atoms with Crippen molar-refractivity contribution in [1.29, 1.82) is 0 Å². The SMILES string of the molecule is Cc1c(-c2[nH]c3ccc(N4CC(C)N(C(=O)CN5CC6(COC6)C5)C[C@@H]4C)nc3c2C(C)C)cn2ncnc2c1C. The quantitative estimate of drug-likeness (QED) is 0.400. The summed E-state index contributed by atoms with van der Waals surface area (Å²) in [5.74, 6) is 1.46. The Labute approximate surface area is 240 Å². The average molecular weight is 557 g/mol. The van der Waals surface area contributed by atoms with Crippen molar-refractivity contribution in [1.82, 2.24) is 34.4 Å². The number of nitrogens with one attached hydrogen (secondary N) is 1. The predicted molar refractivity (Wildman–Crippen MR) is 159 cm³/mol. The number of aryl methyl sites for hydroxylation is 1. The summed E-state index contributed by atoms with van der Waals surface area (Å²) < 4.78 is 7.25. The van der Waals surface area contributed by atoms with Crippen LogP contribution in [0.2, 0.25) is 0 Å². The molecule has 0 bridgehead atoms. The van der Waals surface area contributed by atoms with E-state index in [0.717, 1.165) is 72.2 Å². The average Bonchev–Trinajstić information content (AvgIpc) is 3.52. The van der Waals surface area contributed by atoms with Crippen LogP contribution in [0.15, 0.2) is 24.7 Å². The predicted octanol–water partition coefficient (Wildman–Crippen LogP) is 3.77. The fourth-order valence-corrected chi connectivity index (χ4v) is 7.13. The molecule has 10 nitrogen and oxygen atoms in total. The van der Waals surface area contributed by atoms with Crippen LogP contribution >= 0.6 is 0 Å². The lowest BCUT2D eigenvalue weighted by Gasteiger charge is -2.55. The van der Waals surface area contributed by atoms with Gasteiger partial charge in [-0.05, 0) is 56.9 Å². The number of aromatic nitrogens is 5. The summed E-state index contributed by atoms with van der Waals surface area (Å²) in [5, 5.41) is 4.41. The molecule has 1 unspecified atom stereocenters. The number of likely N-dealkylation sites (tertiary alicyclic amines) is 1. The molecule has 4 aromatic heterocycles. The molecule has 3 fully saturated rings. The molecular weight excluding hydrogens is 516 g/mol. The molecule has 1 amide bonds. The number of piperazine rings is 1. The lowest BCUT2D eigenvalue weighted by molar-refractivity contribution is -0.191. The molecule has 0 aromatic carbocycles. The largest absolute Gasteiger partial charge is 0.380 e. The van der Waals surface area contributed by atoms with Gasteiger partial charge in [0.1, 0.15) is 12.1 Å². The third-order valence-electron chi connectivity index (χ3n) is 9.53. The fraction of sp³-hybridized carbons (Fsp3) is 0.548. The van der Waals surface area contributed by atoms with Crippen LogP contribution in [0, 0.1) is 19.3 Å². The molecule has 2 atom stereocenters. The van der Waals surface area contributed by atoms with Crippen molar-refractivity contribution in [3.05, 3.63) is 41.3 Å². The van der Waals surface area contributed by atoms with Gasteiger partial charge in [-0.3, -0.25) is 9.69 Å². The molecule has 3 saturated heterocycles. The highest BCUT2D eigenvalue weighted by molar-refractivity contribution is 5.90. The highest BCUT2D eigenvalue weighted by Gasteiger charge is 2.49. The van der Waals surface area contributed by atoms with Crippen molar-refractivity contribution in [3.63, 3.8) is 0 Å². The Morgan fingerprint density at radius 1 is 1.12 bits per heavy atom. The molecule has 0 saturated carbocycles. The maximum atomic E-state index is 13.3. The Balaban J connectivity index is 1.16. The second kappa shape index (κ2) is 9.52. The summed E-state index contributed by atoms with van der Waals surface area (Å²) >= 11 is 0. The van der Waals surface area contributed by atoms with Gasteiger partial charge in [0, 0.05) is 61.0 Å². The van der Waals surface area contributed by atoms with Gasteiger partial charge in [0.25, 0.3) is 0 Å². The Kier molecular flexibility index (Phi) is 6.13. The molecule has 1 spiro atoms. The lowest BCUT2D eigenvalue weighted by Crippen LogP contribution is -2.68. The number of fused-ring (bicyclic) bond motifs is 2. The second-order valence-corrected chi connectivity index (χ2v) is 13.0. The lowest BCUT2D eigenvalue weighted by atomic mass is 9.78. The van der Waals surface area contributed by atoms with Crippen LogP contribution in [0.5, 0.6) is 0 Å². The first-order chi connectivity index (χ1) is 19.6. The third kappa shape index (κ3) is 4.22. The molecule has 7 heterocycles. The molecule has 216 valence electrons. The molecule has 3 aliphatic rings. The van der Waals surface area contributed by atoms with E-state index < -0.39 is 0 Å². The Hall–Kier alpha value is -3.50. The Morgan fingerprint density at radius 3 is 2.61 bits per heavy atom. The topological polar surface area (TPSA) is 94.9 Å². The molecule has 1 N–H and O–H groups in total. The van der Waals surface area contributed by atoms with E-state index in [-0.39, 0.29) is 23.9 Å². The summed E-state index contributed by atoms with van der Waals surface area (Å²) in [6.45, 7) is 18.7. The maximum absolute atomic E-state index is 13.3. The van der Waals surface area contributed by atoms with E-state index in [1.165, 1.54) is 11.1 Å². The number of hydrogen-bond donors (Lipinski definition) is 1. The minimum atomic E-state index is 0.116. The number of amides is 1. The number of nitrogens with zero attached hydrogens (tertiary/aromatic N) is 7. The van der Waals surface area contributed by atoms with Crippen LogP contribution in [0.25, 0.3) is 27.9 Å². The molecule has 0 radical (unpaired) electrons. The van der Waals surface area contributed by atoms with Crippen molar-refractivity contribution < 1.29 is 9.53 Å². The van der Waals surface area contributed by atoms with Crippen LogP contribution in [0.1, 0.15) is 50.3 Å². The first-order valence-corrected chi connectivity index (χ1v) is 14.8. The van der Waals surface area contributed by atoms with E-state index in [9.17, 15) is 4.79 Å². The molecule has 0 aliphatic carbocycles. The van der Waals surface area contributed by atoms with E-state index in [1.807, 2.05) is 4.52 Å². The summed E-state index contributed by atoms with van der Waals surface area (Å²) in [6.07, 6.45) is 3.68. The zero-order valence-electron chi connectivity index (χ0n) is 24.9. The summed E-state index contributed by atoms with van der Waals surface area (Å²) in [5.41, 5.74) is 9.00. The van der Waals surface area contributed by atoms with Crippen LogP contribution in [-0.4, -0.2) is 98.3 Å². The standard InChI is InChI=1S/C31H40N8O2/c1-18(2)27-28(23-11-39-30(32-17-33-39)22(6)21(23)5)34-24-7-8-25(35-29(24)27)37-9-20(4)38(10-19(37)3)26(40)12-36-13-31(14-36)15-41-16-31/h7-8,11,17-20,34H,9-10,12-16H2,1-6H3/t19-,20?/m0/s1. The highest BCUT2D eigenvalue weighted by Crippen LogP contribution is 2.39. The fourth-order valence-electron chi connectivity index (χ4n) is 7.13. The number of rotatable bonds is 5. The van der Waals surface area contributed by atoms with Gasteiger partial charge in [-0.25, -0.2) is 14.5 Å². The minimum Gasteiger partial charge on any atom is -0.380 e. The molecule has 4 aromatic rings. The van der Waals surface area contributed by atoms with E-state index >= 15 is 0 Å². The highest BCUT2D eigenvalue weighted by atomic mass is 16.5. The number of hydrogen-bond acceptors (Lipinski definition) is 7. The molecular formula is C31H40N8O2. The van der Waals surface area contributed by atoms with Crippen molar-refractivity contribution in [2.45, 2.75) is 59.5 Å². The number of aromatic amines is 1. The second-order valence-electron chi connectivity index (χ2n) is 13.0. The zero-order chi connectivity index (χ0) is 28.6. The molecule has 7 rings (SSSR count). The van der Waals surface area contributed by atoms with Crippen molar-refractivity contribution in [2.24, 2.45) is 5.41 Å². The normalized spacial score (nSPS) is 22.6. The molecule has 3 aliphatic heterocycles. The van der Waals surface area contributed by atoms with E-state index in [2.05, 4.69) is 89.6 Å². The van der Waals surface area contributed by atoms with Crippen LogP contribution in [0.3, 0.4) is 0 Å². The summed E-state index contributed by atoms with van der Waals surface area (Å²) in [4.78, 5) is 33.4. The summed E-state index contributed by atoms with van der Waals surface area (Å²) in [6, 6.07) is 4.56. The first-order valence-electron chi connectivity index (χ1n) is 14.8. The first kappa shape index (κ1) is 26.4. The van der Waals surface area contributed by atoms with Crippen molar-refractivity contribution in [3.8, 4) is 11.3 Å². The molecule has 41 heavy (non-hydrogen) atoms.